The van der Waals surface area contributed by atoms with Crippen LogP contribution in [0.5, 0.6) is 11.5 Å². The van der Waals surface area contributed by atoms with Crippen LogP contribution in [0, 0.1) is 0 Å². The van der Waals surface area contributed by atoms with Gasteiger partial charge in [-0.1, -0.05) is 54.6 Å². The van der Waals surface area contributed by atoms with Crippen molar-refractivity contribution in [2.45, 2.75) is 18.9 Å². The molecule has 2 N–H and O–H groups in total. The summed E-state index contributed by atoms with van der Waals surface area (Å²) in [7, 11) is 0. The van der Waals surface area contributed by atoms with Crippen LogP contribution in [0.1, 0.15) is 23.6 Å². The first kappa shape index (κ1) is 21.5. The van der Waals surface area contributed by atoms with Crippen LogP contribution < -0.4 is 20.1 Å². The van der Waals surface area contributed by atoms with E-state index in [-0.39, 0.29) is 6.79 Å². The fourth-order valence-electron chi connectivity index (χ4n) is 4.19. The standard InChI is InChI=1S/C26H23N3O5/c1-26(19-11-12-21-22(14-19)34-16-33-21)24(31)29(25(32)28-26)15-23(30)27-20-10-6-5-9-18(20)13-17-7-3-2-4-8-17/h2-12,14H,13,15-16H2,1H3,(H,27,30)(H,28,32)/t26-/m0/s1. The predicted octanol–water partition coefficient (Wildman–Crippen LogP) is 3.41. The Hall–Kier alpha value is -4.33. The quantitative estimate of drug-likeness (QED) is 0.553. The van der Waals surface area contributed by atoms with Gasteiger partial charge in [0.1, 0.15) is 12.1 Å². The van der Waals surface area contributed by atoms with E-state index in [0.717, 1.165) is 16.0 Å². The Morgan fingerprint density at radius 3 is 2.56 bits per heavy atom. The maximum Gasteiger partial charge on any atom is 0.325 e. The zero-order valence-electron chi connectivity index (χ0n) is 18.5. The van der Waals surface area contributed by atoms with Crippen molar-refractivity contribution in [2.75, 3.05) is 18.7 Å². The van der Waals surface area contributed by atoms with Crippen molar-refractivity contribution in [3.63, 3.8) is 0 Å². The van der Waals surface area contributed by atoms with Gasteiger partial charge in [0.05, 0.1) is 0 Å². The first-order valence-corrected chi connectivity index (χ1v) is 10.9. The topological polar surface area (TPSA) is 97.0 Å². The van der Waals surface area contributed by atoms with Crippen LogP contribution in [0.15, 0.2) is 72.8 Å². The molecule has 0 spiro atoms. The number of carbonyl (C=O) groups excluding carboxylic acids is 3. The lowest BCUT2D eigenvalue weighted by atomic mass is 9.91. The van der Waals surface area contributed by atoms with E-state index < -0.39 is 29.9 Å². The molecule has 4 amide bonds. The van der Waals surface area contributed by atoms with Gasteiger partial charge in [0.15, 0.2) is 11.5 Å². The Bertz CT molecular complexity index is 1280. The van der Waals surface area contributed by atoms with Crippen LogP contribution in [0.25, 0.3) is 0 Å². The first-order chi connectivity index (χ1) is 16.4. The molecule has 1 fully saturated rings. The third kappa shape index (κ3) is 3.94. The number of imide groups is 1. The lowest BCUT2D eigenvalue weighted by molar-refractivity contribution is -0.133. The number of rotatable bonds is 6. The molecule has 3 aromatic carbocycles. The smallest absolute Gasteiger partial charge is 0.325 e. The molecule has 2 heterocycles. The van der Waals surface area contributed by atoms with Crippen LogP contribution in [0.4, 0.5) is 10.5 Å². The minimum absolute atomic E-state index is 0.105. The maximum atomic E-state index is 13.2. The number of carbonyl (C=O) groups is 3. The Kier molecular flexibility index (Phi) is 5.41. The number of anilines is 1. The number of hydrogen-bond donors (Lipinski definition) is 2. The molecule has 172 valence electrons. The van der Waals surface area contributed by atoms with Gasteiger partial charge in [-0.05, 0) is 48.2 Å². The van der Waals surface area contributed by atoms with E-state index in [9.17, 15) is 14.4 Å². The summed E-state index contributed by atoms with van der Waals surface area (Å²) in [6, 6.07) is 21.8. The van der Waals surface area contributed by atoms with E-state index in [1.807, 2.05) is 48.5 Å². The Morgan fingerprint density at radius 2 is 1.74 bits per heavy atom. The normalized spacial score (nSPS) is 18.7. The second-order valence-electron chi connectivity index (χ2n) is 8.38. The Labute approximate surface area is 196 Å². The second-order valence-corrected chi connectivity index (χ2v) is 8.38. The fraction of sp³-hybridized carbons (Fsp3) is 0.192. The highest BCUT2D eigenvalue weighted by molar-refractivity contribution is 6.10. The van der Waals surface area contributed by atoms with Crippen LogP contribution in [-0.2, 0) is 21.5 Å². The minimum atomic E-state index is -1.32. The highest BCUT2D eigenvalue weighted by Crippen LogP contribution is 2.37. The van der Waals surface area contributed by atoms with E-state index in [1.54, 1.807) is 31.2 Å². The molecule has 2 aliphatic heterocycles. The predicted molar refractivity (Wildman–Crippen MR) is 124 cm³/mol. The van der Waals surface area contributed by atoms with Gasteiger partial charge in [-0.25, -0.2) is 4.79 Å². The Morgan fingerprint density at radius 1 is 1.00 bits per heavy atom. The van der Waals surface area contributed by atoms with Crippen molar-refractivity contribution in [1.29, 1.82) is 0 Å². The summed E-state index contributed by atoms with van der Waals surface area (Å²) in [5.41, 5.74) is 1.92. The zero-order valence-corrected chi connectivity index (χ0v) is 18.5. The van der Waals surface area contributed by atoms with E-state index in [0.29, 0.717) is 29.2 Å². The maximum absolute atomic E-state index is 13.2. The average molecular weight is 457 g/mol. The number of hydrogen-bond acceptors (Lipinski definition) is 5. The Balaban J connectivity index is 1.30. The van der Waals surface area contributed by atoms with E-state index in [2.05, 4.69) is 10.6 Å². The molecule has 0 aromatic heterocycles. The number of nitrogens with zero attached hydrogens (tertiary/aromatic N) is 1. The largest absolute Gasteiger partial charge is 0.454 e. The van der Waals surface area contributed by atoms with Gasteiger partial charge in [0.25, 0.3) is 5.91 Å². The first-order valence-electron chi connectivity index (χ1n) is 10.9. The van der Waals surface area contributed by atoms with Gasteiger partial charge in [-0.3, -0.25) is 14.5 Å². The SMILES string of the molecule is C[C@@]1(c2ccc3c(c2)OCO3)NC(=O)N(CC(=O)Nc2ccccc2Cc2ccccc2)C1=O. The van der Waals surface area contributed by atoms with Gasteiger partial charge in [0, 0.05) is 5.69 Å². The van der Waals surface area contributed by atoms with Crippen LogP contribution in [0.3, 0.4) is 0 Å². The zero-order chi connectivity index (χ0) is 23.7. The molecule has 0 aliphatic carbocycles. The lowest BCUT2D eigenvalue weighted by Gasteiger charge is -2.22. The number of nitrogens with one attached hydrogen (secondary N) is 2. The van der Waals surface area contributed by atoms with E-state index in [1.165, 1.54) is 0 Å². The highest BCUT2D eigenvalue weighted by atomic mass is 16.7. The van der Waals surface area contributed by atoms with Crippen molar-refractivity contribution in [3.8, 4) is 11.5 Å². The minimum Gasteiger partial charge on any atom is -0.454 e. The molecule has 0 radical (unpaired) electrons. The molecular weight excluding hydrogens is 434 g/mol. The van der Waals surface area contributed by atoms with Crippen molar-refractivity contribution in [2.24, 2.45) is 0 Å². The number of benzene rings is 3. The summed E-state index contributed by atoms with van der Waals surface area (Å²) in [6.07, 6.45) is 0.641. The molecule has 34 heavy (non-hydrogen) atoms. The molecule has 0 unspecified atom stereocenters. The van der Waals surface area contributed by atoms with Crippen LogP contribution in [-0.4, -0.2) is 36.1 Å². The average Bonchev–Trinajstić information content (AvgIpc) is 3.39. The summed E-state index contributed by atoms with van der Waals surface area (Å²) >= 11 is 0. The van der Waals surface area contributed by atoms with Crippen LogP contribution >= 0.6 is 0 Å². The lowest BCUT2D eigenvalue weighted by Crippen LogP contribution is -2.42. The van der Waals surface area contributed by atoms with Crippen molar-refractivity contribution in [1.82, 2.24) is 10.2 Å². The summed E-state index contributed by atoms with van der Waals surface area (Å²) < 4.78 is 10.7. The van der Waals surface area contributed by atoms with Gasteiger partial charge in [-0.2, -0.15) is 0 Å². The molecule has 5 rings (SSSR count). The molecule has 0 saturated carbocycles. The monoisotopic (exact) mass is 457 g/mol. The molecule has 8 heteroatoms. The number of fused-ring (bicyclic) bond motifs is 1. The molecule has 1 atom stereocenters. The number of ether oxygens (including phenoxy) is 2. The number of amides is 4. The molecule has 2 aliphatic rings. The molecule has 3 aromatic rings. The highest BCUT2D eigenvalue weighted by Gasteiger charge is 2.49. The molecule has 0 bridgehead atoms. The fourth-order valence-corrected chi connectivity index (χ4v) is 4.19. The van der Waals surface area contributed by atoms with E-state index >= 15 is 0 Å². The van der Waals surface area contributed by atoms with E-state index in [4.69, 9.17) is 9.47 Å². The van der Waals surface area contributed by atoms with Gasteiger partial charge < -0.3 is 20.1 Å². The van der Waals surface area contributed by atoms with Crippen molar-refractivity contribution >= 4 is 23.5 Å². The van der Waals surface area contributed by atoms with Crippen molar-refractivity contribution < 1.29 is 23.9 Å². The van der Waals surface area contributed by atoms with Crippen molar-refractivity contribution in [3.05, 3.63) is 89.5 Å². The van der Waals surface area contributed by atoms with Gasteiger partial charge in [-0.15, -0.1) is 0 Å². The summed E-state index contributed by atoms with van der Waals surface area (Å²) in [5.74, 6) is 0.115. The summed E-state index contributed by atoms with van der Waals surface area (Å²) in [5, 5.41) is 5.56. The van der Waals surface area contributed by atoms with Crippen LogP contribution in [0.2, 0.25) is 0 Å². The molecule has 8 nitrogen and oxygen atoms in total. The van der Waals surface area contributed by atoms with Gasteiger partial charge >= 0.3 is 6.03 Å². The summed E-state index contributed by atoms with van der Waals surface area (Å²) in [4.78, 5) is 39.7. The number of urea groups is 1. The third-order valence-corrected chi connectivity index (χ3v) is 6.06. The summed E-state index contributed by atoms with van der Waals surface area (Å²) in [6.45, 7) is 1.32. The number of para-hydroxylation sites is 1. The third-order valence-electron chi connectivity index (χ3n) is 6.06. The molecule has 1 saturated heterocycles. The second kappa shape index (κ2) is 8.55. The van der Waals surface area contributed by atoms with Gasteiger partial charge in [0.2, 0.25) is 12.7 Å². The molecular formula is C26H23N3O5.